The second-order valence-electron chi connectivity index (χ2n) is 12.1. The van der Waals surface area contributed by atoms with E-state index < -0.39 is 118 Å². The van der Waals surface area contributed by atoms with Crippen molar-refractivity contribution in [1.29, 1.82) is 0 Å². The van der Waals surface area contributed by atoms with Gasteiger partial charge in [-0.05, 0) is 19.9 Å². The van der Waals surface area contributed by atoms with Gasteiger partial charge < -0.3 is 66.3 Å². The van der Waals surface area contributed by atoms with Crippen molar-refractivity contribution >= 4 is 25.5 Å². The Balaban J connectivity index is 1.50. The van der Waals surface area contributed by atoms with Gasteiger partial charge in [0.1, 0.15) is 60.3 Å². The summed E-state index contributed by atoms with van der Waals surface area (Å²) in [5.74, 6) is -6.52. The number of hydrogen-bond donors (Lipinski definition) is 11. The molecule has 0 radical (unpaired) electrons. The number of phosphoric ester groups is 1. The van der Waals surface area contributed by atoms with Crippen LogP contribution in [0.2, 0.25) is 0 Å². The Morgan fingerprint density at radius 1 is 1.26 bits per heavy atom. The molecule has 11 atom stereocenters. The van der Waals surface area contributed by atoms with Crippen LogP contribution in [0.4, 0.5) is 5.82 Å². The topological polar surface area (TPSA) is 374 Å². The predicted octanol–water partition coefficient (Wildman–Crippen LogP) is -5.77. The molecule has 0 spiro atoms. The fraction of sp³-hybridized carbons (Fsp3) is 0.680. The molecule has 4 rings (SSSR count). The van der Waals surface area contributed by atoms with Crippen LogP contribution >= 0.6 is 7.82 Å². The maximum Gasteiger partial charge on any atom is 0.475 e. The fourth-order valence-electron chi connectivity index (χ4n) is 5.12. The number of carbonyl (C=O) groups is 2. The number of rotatable bonds is 14. The van der Waals surface area contributed by atoms with Crippen LogP contribution in [0.25, 0.3) is 0 Å². The van der Waals surface area contributed by atoms with Gasteiger partial charge >= 0.3 is 19.5 Å². The summed E-state index contributed by atoms with van der Waals surface area (Å²) in [6, 6.07) is -0.545. The van der Waals surface area contributed by atoms with Crippen molar-refractivity contribution < 1.29 is 78.4 Å². The molecule has 2 fully saturated rings. The average molecular weight is 740 g/mol. The number of carboxylic acid groups (broad SMARTS) is 1. The van der Waals surface area contributed by atoms with E-state index in [0.717, 1.165) is 15.4 Å². The minimum Gasteiger partial charge on any atom is -0.477 e. The van der Waals surface area contributed by atoms with Crippen molar-refractivity contribution in [2.24, 2.45) is 0 Å². The van der Waals surface area contributed by atoms with Gasteiger partial charge in [0.15, 0.2) is 6.23 Å². The van der Waals surface area contributed by atoms with Crippen LogP contribution in [-0.4, -0.2) is 150 Å². The molecule has 0 aromatic carbocycles. The van der Waals surface area contributed by atoms with Gasteiger partial charge in [0.05, 0.1) is 31.6 Å². The lowest BCUT2D eigenvalue weighted by Crippen LogP contribution is -2.68. The maximum atomic E-state index is 13.0. The molecule has 0 saturated carbocycles. The van der Waals surface area contributed by atoms with Crippen LogP contribution in [0, 0.1) is 0 Å². The van der Waals surface area contributed by atoms with E-state index >= 15 is 0 Å². The highest BCUT2D eigenvalue weighted by Crippen LogP contribution is 2.51. The molecule has 2 aliphatic heterocycles. The van der Waals surface area contributed by atoms with Crippen molar-refractivity contribution in [1.82, 2.24) is 29.9 Å². The molecular formula is C25H38N7O17P. The number of aliphatic hydroxyl groups excluding tert-OH is 6. The molecule has 12 N–H and O–H groups in total. The second kappa shape index (κ2) is 15.0. The van der Waals surface area contributed by atoms with Gasteiger partial charge in [-0.2, -0.15) is 4.98 Å². The number of aromatic nitrogens is 5. The molecule has 2 aromatic rings. The number of carbonyl (C=O) groups excluding carboxylic acids is 1. The van der Waals surface area contributed by atoms with Gasteiger partial charge in [0.25, 0.3) is 5.79 Å². The summed E-state index contributed by atoms with van der Waals surface area (Å²) in [4.78, 5) is 51.5. The van der Waals surface area contributed by atoms with Gasteiger partial charge in [-0.25, -0.2) is 23.4 Å². The van der Waals surface area contributed by atoms with Crippen LogP contribution in [-0.2, 0) is 44.8 Å². The van der Waals surface area contributed by atoms with Crippen molar-refractivity contribution in [2.45, 2.75) is 93.2 Å². The monoisotopic (exact) mass is 739 g/mol. The summed E-state index contributed by atoms with van der Waals surface area (Å²) in [6.07, 6.45) is -14.1. The summed E-state index contributed by atoms with van der Waals surface area (Å²) in [6.45, 7) is 0.0844. The van der Waals surface area contributed by atoms with Crippen molar-refractivity contribution in [2.75, 3.05) is 18.9 Å². The van der Waals surface area contributed by atoms with Crippen LogP contribution < -0.4 is 16.7 Å². The number of carboxylic acids is 1. The Kier molecular flexibility index (Phi) is 11.8. The van der Waals surface area contributed by atoms with Crippen LogP contribution in [0.1, 0.15) is 32.2 Å². The van der Waals surface area contributed by atoms with Crippen molar-refractivity contribution in [3.05, 3.63) is 34.6 Å². The second-order valence-corrected chi connectivity index (χ2v) is 13.4. The lowest BCUT2D eigenvalue weighted by Gasteiger charge is -2.46. The quantitative estimate of drug-likeness (QED) is 0.0804. The summed E-state index contributed by atoms with van der Waals surface area (Å²) >= 11 is 0. The minimum absolute atomic E-state index is 0.101. The molecule has 2 aromatic heterocycles. The maximum absolute atomic E-state index is 13.0. The third-order valence-electron chi connectivity index (χ3n) is 7.74. The van der Waals surface area contributed by atoms with E-state index in [1.54, 1.807) is 0 Å². The van der Waals surface area contributed by atoms with Crippen molar-refractivity contribution in [3.8, 4) is 0 Å². The normalized spacial score (nSPS) is 31.1. The zero-order chi connectivity index (χ0) is 37.3. The van der Waals surface area contributed by atoms with E-state index in [0.29, 0.717) is 0 Å². The van der Waals surface area contributed by atoms with Gasteiger partial charge in [-0.3, -0.25) is 13.9 Å². The number of amides is 1. The number of hydrogen-bond acceptors (Lipinski definition) is 19. The molecule has 0 aliphatic carbocycles. The van der Waals surface area contributed by atoms with E-state index in [-0.39, 0.29) is 11.5 Å². The Morgan fingerprint density at radius 3 is 2.52 bits per heavy atom. The Bertz CT molecular complexity index is 1640. The van der Waals surface area contributed by atoms with Gasteiger partial charge in [-0.1, -0.05) is 5.21 Å². The lowest BCUT2D eigenvalue weighted by molar-refractivity contribution is -0.289. The number of nitrogens with zero attached hydrogens (tertiary/aromatic N) is 5. The summed E-state index contributed by atoms with van der Waals surface area (Å²) in [5, 5.41) is 91.9. The van der Waals surface area contributed by atoms with E-state index in [2.05, 4.69) is 20.6 Å². The van der Waals surface area contributed by atoms with E-state index in [1.807, 2.05) is 0 Å². The first-order chi connectivity index (χ1) is 23.2. The molecule has 50 heavy (non-hydrogen) atoms. The Morgan fingerprint density at radius 2 is 1.94 bits per heavy atom. The van der Waals surface area contributed by atoms with E-state index in [1.165, 1.54) is 26.1 Å². The average Bonchev–Trinajstić information content (AvgIpc) is 3.60. The van der Waals surface area contributed by atoms with Crippen LogP contribution in [0.3, 0.4) is 0 Å². The highest BCUT2D eigenvalue weighted by Gasteiger charge is 2.59. The summed E-state index contributed by atoms with van der Waals surface area (Å²) < 4.78 is 35.3. The third-order valence-corrected chi connectivity index (χ3v) is 8.74. The molecule has 25 heteroatoms. The van der Waals surface area contributed by atoms with Gasteiger partial charge in [0, 0.05) is 12.6 Å². The first kappa shape index (κ1) is 39.3. The SMILES string of the molecule is CC(C)(O)c1cn(CC(=O)N[C@H]2[C@H]([C@H](O)[C@H](O)CO)O[C@](OP(=O)(O)OC[C@H]3O[C@@H](n4ccc(N)nc4=O)[C@H](O)[C@@H]3O)(C(=O)O)C[C@@H]2O)nn1. The summed E-state index contributed by atoms with van der Waals surface area (Å²) in [7, 11) is -5.61. The van der Waals surface area contributed by atoms with Gasteiger partial charge in [-0.15, -0.1) is 5.10 Å². The van der Waals surface area contributed by atoms with Crippen molar-refractivity contribution in [3.63, 3.8) is 0 Å². The first-order valence-corrected chi connectivity index (χ1v) is 16.2. The number of aliphatic carboxylic acids is 1. The van der Waals surface area contributed by atoms with Gasteiger partial charge in [0.2, 0.25) is 5.91 Å². The number of nitrogen functional groups attached to an aromatic ring is 1. The number of anilines is 1. The molecule has 0 bridgehead atoms. The number of aliphatic hydroxyl groups is 7. The fourth-order valence-corrected chi connectivity index (χ4v) is 6.07. The standard InChI is InChI=1S/C25H38N7O17P/c1-24(2,43)13-6-31(30-29-13)7-15(36)28-16-10(34)5-25(22(40)41,48-20(16)17(37)11(35)8-33)49-50(44,45)46-9-12-18(38)19(39)21(47-12)32-4-3-14(26)27-23(32)42/h3-4,6,10-12,16-21,33-35,37-39,43H,5,7-9H2,1-2H3,(H,28,36)(H,40,41)(H,44,45)(H2,26,27,42)/t10-,11+,12+,16+,17+,18+,19+,20+,21+,25+/m0/s1. The zero-order valence-electron chi connectivity index (χ0n) is 26.3. The Hall–Kier alpha value is -3.49. The number of nitrogens with one attached hydrogen (secondary N) is 1. The molecule has 2 saturated heterocycles. The number of ether oxygens (including phenoxy) is 2. The highest BCUT2D eigenvalue weighted by atomic mass is 31.2. The molecule has 280 valence electrons. The third kappa shape index (κ3) is 8.68. The summed E-state index contributed by atoms with van der Waals surface area (Å²) in [5.41, 5.74) is 3.17. The molecule has 2 aliphatic rings. The first-order valence-electron chi connectivity index (χ1n) is 14.7. The smallest absolute Gasteiger partial charge is 0.475 e. The largest absolute Gasteiger partial charge is 0.477 e. The predicted molar refractivity (Wildman–Crippen MR) is 158 cm³/mol. The molecule has 1 amide bonds. The number of nitrogens with two attached hydrogens (primary N) is 1. The van der Waals surface area contributed by atoms with E-state index in [4.69, 9.17) is 24.3 Å². The minimum atomic E-state index is -5.61. The van der Waals surface area contributed by atoms with E-state index in [9.17, 15) is 64.7 Å². The molecular weight excluding hydrogens is 701 g/mol. The molecule has 24 nitrogen and oxygen atoms in total. The zero-order valence-corrected chi connectivity index (χ0v) is 27.2. The Labute approximate surface area is 280 Å². The van der Waals surface area contributed by atoms with Crippen LogP contribution in [0.5, 0.6) is 0 Å². The highest BCUT2D eigenvalue weighted by molar-refractivity contribution is 7.47. The number of phosphoric acid groups is 1. The molecule has 1 unspecified atom stereocenters. The van der Waals surface area contributed by atoms with Crippen LogP contribution in [0.15, 0.2) is 23.3 Å². The lowest BCUT2D eigenvalue weighted by atomic mass is 9.88. The molecule has 4 heterocycles.